The van der Waals surface area contributed by atoms with E-state index in [9.17, 15) is 18.7 Å². The highest BCUT2D eigenvalue weighted by atomic mass is 19.3. The highest BCUT2D eigenvalue weighted by molar-refractivity contribution is 5.94. The predicted molar refractivity (Wildman–Crippen MR) is 50.1 cm³/mol. The number of carbonyl (C=O) groups is 1. The minimum absolute atomic E-state index is 0.145. The Hall–Kier alpha value is -1.76. The highest BCUT2D eigenvalue weighted by Gasteiger charge is 2.26. The van der Waals surface area contributed by atoms with Crippen LogP contribution in [0.15, 0.2) is 6.20 Å². The molecule has 0 bridgehead atoms. The third-order valence-corrected chi connectivity index (χ3v) is 1.98. The van der Waals surface area contributed by atoms with Crippen molar-refractivity contribution in [2.45, 2.75) is 13.0 Å². The van der Waals surface area contributed by atoms with Gasteiger partial charge in [0, 0.05) is 6.54 Å². The molecular weight excluding hydrogens is 222 g/mol. The van der Waals surface area contributed by atoms with E-state index >= 15 is 0 Å². The molecule has 3 N–H and O–H groups in total. The first kappa shape index (κ1) is 12.3. The van der Waals surface area contributed by atoms with Gasteiger partial charge in [-0.15, -0.1) is 0 Å². The fourth-order valence-electron chi connectivity index (χ4n) is 1.27. The Labute approximate surface area is 89.9 Å². The van der Waals surface area contributed by atoms with Gasteiger partial charge in [0.25, 0.3) is 6.43 Å². The topological polar surface area (TPSA) is 85.4 Å². The zero-order chi connectivity index (χ0) is 12.3. The van der Waals surface area contributed by atoms with E-state index in [0.29, 0.717) is 0 Å². The first-order valence-corrected chi connectivity index (χ1v) is 4.30. The zero-order valence-electron chi connectivity index (χ0n) is 8.41. The molecule has 0 radical (unpaired) electrons. The molecule has 1 aromatic rings. The second kappa shape index (κ2) is 4.84. The number of hydrogen-bond acceptors (Lipinski definition) is 5. The molecule has 1 rings (SSSR count). The Balaban J connectivity index is 3.48. The zero-order valence-corrected chi connectivity index (χ0v) is 8.41. The maximum absolute atomic E-state index is 12.7. The van der Waals surface area contributed by atoms with Gasteiger partial charge in [-0.3, -0.25) is 4.98 Å². The van der Waals surface area contributed by atoms with Crippen LogP contribution >= 0.6 is 0 Å². The molecule has 0 unspecified atom stereocenters. The van der Waals surface area contributed by atoms with Crippen molar-refractivity contribution in [2.75, 3.05) is 7.11 Å². The molecule has 1 aromatic heterocycles. The number of nitrogens with zero attached hydrogens (tertiary/aromatic N) is 1. The standard InChI is InChI=1S/C9H10F2N2O3/c1-16-9(15)7-5(14)3-13-4(2-12)6(7)8(10)11/h3,8,14H,2,12H2,1H3. The lowest BCUT2D eigenvalue weighted by atomic mass is 10.1. The molecule has 0 aliphatic carbocycles. The van der Waals surface area contributed by atoms with Crippen LogP contribution in [-0.4, -0.2) is 23.2 Å². The number of aromatic hydroxyl groups is 1. The molecule has 0 atom stereocenters. The molecule has 0 saturated heterocycles. The maximum Gasteiger partial charge on any atom is 0.342 e. The van der Waals surface area contributed by atoms with Gasteiger partial charge >= 0.3 is 5.97 Å². The fourth-order valence-corrected chi connectivity index (χ4v) is 1.27. The number of alkyl halides is 2. The summed E-state index contributed by atoms with van der Waals surface area (Å²) in [5.74, 6) is -1.70. The first-order chi connectivity index (χ1) is 7.52. The van der Waals surface area contributed by atoms with E-state index in [4.69, 9.17) is 5.73 Å². The predicted octanol–water partition coefficient (Wildman–Crippen LogP) is 0.970. The Morgan fingerprint density at radius 3 is 2.75 bits per heavy atom. The van der Waals surface area contributed by atoms with Gasteiger partial charge in [0.2, 0.25) is 0 Å². The SMILES string of the molecule is COC(=O)c1c(O)cnc(CN)c1C(F)F. The lowest BCUT2D eigenvalue weighted by Gasteiger charge is -2.12. The maximum atomic E-state index is 12.7. The summed E-state index contributed by atoms with van der Waals surface area (Å²) >= 11 is 0. The summed E-state index contributed by atoms with van der Waals surface area (Å²) in [6.45, 7) is -0.260. The highest BCUT2D eigenvalue weighted by Crippen LogP contribution is 2.31. The van der Waals surface area contributed by atoms with Crippen LogP contribution in [0.3, 0.4) is 0 Å². The normalized spacial score (nSPS) is 10.6. The van der Waals surface area contributed by atoms with Crippen LogP contribution in [0.1, 0.15) is 28.0 Å². The number of esters is 1. The largest absolute Gasteiger partial charge is 0.505 e. The third-order valence-electron chi connectivity index (χ3n) is 1.98. The van der Waals surface area contributed by atoms with Crippen molar-refractivity contribution in [3.8, 4) is 5.75 Å². The van der Waals surface area contributed by atoms with Gasteiger partial charge in [0.1, 0.15) is 11.3 Å². The van der Waals surface area contributed by atoms with E-state index in [1.165, 1.54) is 0 Å². The van der Waals surface area contributed by atoms with E-state index in [2.05, 4.69) is 9.72 Å². The number of nitrogens with two attached hydrogens (primary N) is 1. The second-order valence-electron chi connectivity index (χ2n) is 2.88. The van der Waals surface area contributed by atoms with Crippen LogP contribution < -0.4 is 5.73 Å². The smallest absolute Gasteiger partial charge is 0.342 e. The fraction of sp³-hybridized carbons (Fsp3) is 0.333. The summed E-state index contributed by atoms with van der Waals surface area (Å²) in [7, 11) is 1.03. The summed E-state index contributed by atoms with van der Waals surface area (Å²) in [6.07, 6.45) is -2.08. The van der Waals surface area contributed by atoms with E-state index in [-0.39, 0.29) is 12.2 Å². The molecule has 16 heavy (non-hydrogen) atoms. The first-order valence-electron chi connectivity index (χ1n) is 4.30. The number of halogens is 2. The third kappa shape index (κ3) is 2.08. The van der Waals surface area contributed by atoms with E-state index < -0.39 is 29.3 Å². The molecule has 88 valence electrons. The number of carbonyl (C=O) groups excluding carboxylic acids is 1. The molecule has 0 aliphatic heterocycles. The molecule has 0 fully saturated rings. The van der Waals surface area contributed by atoms with Crippen molar-refractivity contribution < 1.29 is 23.4 Å². The van der Waals surface area contributed by atoms with Gasteiger partial charge in [0.15, 0.2) is 0 Å². The summed E-state index contributed by atoms with van der Waals surface area (Å²) in [5, 5.41) is 9.32. The van der Waals surface area contributed by atoms with Crippen molar-refractivity contribution in [1.29, 1.82) is 0 Å². The van der Waals surface area contributed by atoms with Crippen LogP contribution in [0.4, 0.5) is 8.78 Å². The molecule has 0 spiro atoms. The van der Waals surface area contributed by atoms with Gasteiger partial charge in [-0.05, 0) is 0 Å². The van der Waals surface area contributed by atoms with Crippen molar-refractivity contribution in [3.05, 3.63) is 23.0 Å². The van der Waals surface area contributed by atoms with Crippen molar-refractivity contribution >= 4 is 5.97 Å². The summed E-state index contributed by atoms with van der Waals surface area (Å²) < 4.78 is 29.8. The monoisotopic (exact) mass is 232 g/mol. The average Bonchev–Trinajstić information content (AvgIpc) is 2.27. The van der Waals surface area contributed by atoms with Gasteiger partial charge in [-0.1, -0.05) is 0 Å². The number of methoxy groups -OCH3 is 1. The average molecular weight is 232 g/mol. The molecule has 0 aromatic carbocycles. The Kier molecular flexibility index (Phi) is 3.73. The molecular formula is C9H10F2N2O3. The van der Waals surface area contributed by atoms with Gasteiger partial charge < -0.3 is 15.6 Å². The summed E-state index contributed by atoms with van der Waals surface area (Å²) in [5.41, 5.74) is 3.80. The van der Waals surface area contributed by atoms with Gasteiger partial charge in [0.05, 0.1) is 24.6 Å². The van der Waals surface area contributed by atoms with Crippen LogP contribution in [0.25, 0.3) is 0 Å². The van der Waals surface area contributed by atoms with E-state index in [0.717, 1.165) is 13.3 Å². The van der Waals surface area contributed by atoms with E-state index in [1.54, 1.807) is 0 Å². The minimum Gasteiger partial charge on any atom is -0.505 e. The quantitative estimate of drug-likeness (QED) is 0.758. The lowest BCUT2D eigenvalue weighted by molar-refractivity contribution is 0.0584. The van der Waals surface area contributed by atoms with Crippen LogP contribution in [0, 0.1) is 0 Å². The second-order valence-corrected chi connectivity index (χ2v) is 2.88. The Bertz CT molecular complexity index is 410. The van der Waals surface area contributed by atoms with E-state index in [1.807, 2.05) is 0 Å². The van der Waals surface area contributed by atoms with Crippen molar-refractivity contribution in [3.63, 3.8) is 0 Å². The van der Waals surface area contributed by atoms with Crippen molar-refractivity contribution in [2.24, 2.45) is 5.73 Å². The Morgan fingerprint density at radius 1 is 1.69 bits per heavy atom. The van der Waals surface area contributed by atoms with Gasteiger partial charge in [-0.2, -0.15) is 0 Å². The van der Waals surface area contributed by atoms with Crippen molar-refractivity contribution in [1.82, 2.24) is 4.98 Å². The van der Waals surface area contributed by atoms with Gasteiger partial charge in [-0.25, -0.2) is 13.6 Å². The summed E-state index contributed by atoms with van der Waals surface area (Å²) in [6, 6.07) is 0. The number of pyridine rings is 1. The number of rotatable bonds is 3. The molecule has 5 nitrogen and oxygen atoms in total. The molecule has 0 amide bonds. The summed E-state index contributed by atoms with van der Waals surface area (Å²) in [4.78, 5) is 14.8. The lowest BCUT2D eigenvalue weighted by Crippen LogP contribution is -2.13. The number of aromatic nitrogens is 1. The molecule has 1 heterocycles. The molecule has 0 saturated carbocycles. The van der Waals surface area contributed by atoms with Crippen LogP contribution in [-0.2, 0) is 11.3 Å². The minimum atomic E-state index is -2.97. The molecule has 0 aliphatic rings. The van der Waals surface area contributed by atoms with Crippen LogP contribution in [0.2, 0.25) is 0 Å². The number of hydrogen-bond donors (Lipinski definition) is 2. The van der Waals surface area contributed by atoms with Crippen LogP contribution in [0.5, 0.6) is 5.75 Å². The molecule has 7 heteroatoms. The number of ether oxygens (including phenoxy) is 1. The Morgan fingerprint density at radius 2 is 2.31 bits per heavy atom.